The van der Waals surface area contributed by atoms with Crippen LogP contribution in [0.15, 0.2) is 102 Å². The summed E-state index contributed by atoms with van der Waals surface area (Å²) in [5.74, 6) is 0. The third-order valence-electron chi connectivity index (χ3n) is 5.93. The van der Waals surface area contributed by atoms with E-state index in [1.54, 1.807) is 6.08 Å². The number of sulfonamides is 1. The van der Waals surface area contributed by atoms with Gasteiger partial charge in [0.1, 0.15) is 0 Å². The molecule has 1 aliphatic rings. The summed E-state index contributed by atoms with van der Waals surface area (Å²) in [5.41, 5.74) is 1.39. The molecule has 3 aromatic rings. The third kappa shape index (κ3) is 3.66. The van der Waals surface area contributed by atoms with E-state index in [2.05, 4.69) is 6.58 Å². The maximum absolute atomic E-state index is 13.5. The number of hydrogen-bond acceptors (Lipinski definition) is 4. The number of nitro benzene ring substituents is 1. The van der Waals surface area contributed by atoms with Crippen LogP contribution in [0.2, 0.25) is 0 Å². The summed E-state index contributed by atoms with van der Waals surface area (Å²) < 4.78 is 28.5. The molecule has 0 bridgehead atoms. The van der Waals surface area contributed by atoms with E-state index < -0.39 is 26.4 Å². The monoisotopic (exact) mass is 434 g/mol. The summed E-state index contributed by atoms with van der Waals surface area (Å²) in [7, 11) is -3.89. The van der Waals surface area contributed by atoms with Gasteiger partial charge in [0.15, 0.2) is 0 Å². The maximum atomic E-state index is 13.5. The summed E-state index contributed by atoms with van der Waals surface area (Å²) >= 11 is 0. The first-order valence-electron chi connectivity index (χ1n) is 9.88. The van der Waals surface area contributed by atoms with Crippen LogP contribution in [0.5, 0.6) is 0 Å². The van der Waals surface area contributed by atoms with Gasteiger partial charge in [-0.2, -0.15) is 4.31 Å². The lowest BCUT2D eigenvalue weighted by Crippen LogP contribution is -2.37. The van der Waals surface area contributed by atoms with Crippen molar-refractivity contribution in [2.24, 2.45) is 0 Å². The minimum Gasteiger partial charge on any atom is -0.258 e. The van der Waals surface area contributed by atoms with Crippen molar-refractivity contribution in [3.63, 3.8) is 0 Å². The molecule has 0 saturated carbocycles. The van der Waals surface area contributed by atoms with Gasteiger partial charge in [0.25, 0.3) is 5.69 Å². The van der Waals surface area contributed by atoms with Gasteiger partial charge in [-0.15, -0.1) is 6.58 Å². The van der Waals surface area contributed by atoms with Crippen LogP contribution in [0.1, 0.15) is 17.5 Å². The highest BCUT2D eigenvalue weighted by atomic mass is 32.2. The van der Waals surface area contributed by atoms with Crippen molar-refractivity contribution >= 4 is 15.7 Å². The summed E-state index contributed by atoms with van der Waals surface area (Å²) in [6.45, 7) is 4.14. The predicted molar refractivity (Wildman–Crippen MR) is 119 cm³/mol. The lowest BCUT2D eigenvalue weighted by Gasteiger charge is -2.30. The van der Waals surface area contributed by atoms with E-state index in [1.807, 2.05) is 60.7 Å². The Morgan fingerprint density at radius 3 is 1.90 bits per heavy atom. The van der Waals surface area contributed by atoms with Crippen LogP contribution in [0.4, 0.5) is 5.69 Å². The molecule has 0 amide bonds. The van der Waals surface area contributed by atoms with Crippen LogP contribution in [0.25, 0.3) is 0 Å². The molecule has 0 spiro atoms. The van der Waals surface area contributed by atoms with Crippen LogP contribution >= 0.6 is 0 Å². The first kappa shape index (κ1) is 21.0. The minimum absolute atomic E-state index is 0.0295. The smallest absolute Gasteiger partial charge is 0.258 e. The number of benzene rings is 3. The van der Waals surface area contributed by atoms with E-state index in [-0.39, 0.29) is 17.1 Å². The summed E-state index contributed by atoms with van der Waals surface area (Å²) in [6, 6.07) is 24.4. The molecule has 1 aliphatic heterocycles. The molecular formula is C24H22N2O4S. The summed E-state index contributed by atoms with van der Waals surface area (Å²) in [6.07, 6.45) is 2.22. The molecule has 4 rings (SSSR count). The van der Waals surface area contributed by atoms with E-state index in [9.17, 15) is 18.5 Å². The molecule has 0 aliphatic carbocycles. The molecule has 31 heavy (non-hydrogen) atoms. The minimum atomic E-state index is -3.89. The molecule has 1 heterocycles. The van der Waals surface area contributed by atoms with Crippen molar-refractivity contribution < 1.29 is 13.3 Å². The second-order valence-electron chi connectivity index (χ2n) is 7.62. The molecule has 0 radical (unpaired) electrons. The van der Waals surface area contributed by atoms with Gasteiger partial charge in [0, 0.05) is 30.1 Å². The SMILES string of the molecule is C=CC1CC(c2ccccc2)(c2ccccc2)CN1S(=O)(=O)c1ccc([N+](=O)[O-])cc1. The highest BCUT2D eigenvalue weighted by Gasteiger charge is 2.49. The Balaban J connectivity index is 1.81. The Morgan fingerprint density at radius 2 is 1.45 bits per heavy atom. The van der Waals surface area contributed by atoms with Gasteiger partial charge < -0.3 is 0 Å². The fourth-order valence-electron chi connectivity index (χ4n) is 4.35. The predicted octanol–water partition coefficient (Wildman–Crippen LogP) is 4.53. The standard InChI is InChI=1S/C24H22N2O4S/c1-2-21-17-24(19-9-5-3-6-10-19,20-11-7-4-8-12-20)18-25(21)31(29,30)23-15-13-22(14-16-23)26(27)28/h2-16,21H,1,17-18H2. The Labute approximate surface area is 181 Å². The van der Waals surface area contributed by atoms with Crippen molar-refractivity contribution in [3.05, 3.63) is 119 Å². The average Bonchev–Trinajstić information content (AvgIpc) is 3.22. The molecule has 1 saturated heterocycles. The normalized spacial score (nSPS) is 18.5. The average molecular weight is 435 g/mol. The van der Waals surface area contributed by atoms with E-state index >= 15 is 0 Å². The fourth-order valence-corrected chi connectivity index (χ4v) is 6.00. The van der Waals surface area contributed by atoms with Crippen LogP contribution in [-0.2, 0) is 15.4 Å². The van der Waals surface area contributed by atoms with Crippen LogP contribution < -0.4 is 0 Å². The zero-order valence-corrected chi connectivity index (χ0v) is 17.6. The van der Waals surface area contributed by atoms with Crippen molar-refractivity contribution in [3.8, 4) is 0 Å². The highest BCUT2D eigenvalue weighted by Crippen LogP contribution is 2.45. The van der Waals surface area contributed by atoms with Gasteiger partial charge in [-0.3, -0.25) is 10.1 Å². The lowest BCUT2D eigenvalue weighted by atomic mass is 9.73. The van der Waals surface area contributed by atoms with Crippen molar-refractivity contribution in [2.45, 2.75) is 22.8 Å². The Kier molecular flexibility index (Phi) is 5.47. The van der Waals surface area contributed by atoms with Gasteiger partial charge in [-0.05, 0) is 29.7 Å². The molecule has 3 aromatic carbocycles. The topological polar surface area (TPSA) is 80.5 Å². The van der Waals surface area contributed by atoms with Crippen molar-refractivity contribution in [2.75, 3.05) is 6.54 Å². The summed E-state index contributed by atoms with van der Waals surface area (Å²) in [5, 5.41) is 10.9. The molecule has 1 unspecified atom stereocenters. The van der Waals surface area contributed by atoms with Gasteiger partial charge in [-0.25, -0.2) is 8.42 Å². The van der Waals surface area contributed by atoms with E-state index in [4.69, 9.17) is 0 Å². The number of nitro groups is 1. The molecule has 6 nitrogen and oxygen atoms in total. The fraction of sp³-hybridized carbons (Fsp3) is 0.167. The van der Waals surface area contributed by atoms with E-state index in [0.29, 0.717) is 6.42 Å². The molecule has 1 atom stereocenters. The van der Waals surface area contributed by atoms with Crippen molar-refractivity contribution in [1.29, 1.82) is 0 Å². The maximum Gasteiger partial charge on any atom is 0.269 e. The van der Waals surface area contributed by atoms with Crippen LogP contribution in [0.3, 0.4) is 0 Å². The largest absolute Gasteiger partial charge is 0.269 e. The number of nitrogens with zero attached hydrogens (tertiary/aromatic N) is 2. The molecule has 0 N–H and O–H groups in total. The van der Waals surface area contributed by atoms with Gasteiger partial charge in [0.05, 0.1) is 9.82 Å². The van der Waals surface area contributed by atoms with E-state index in [0.717, 1.165) is 11.1 Å². The quantitative estimate of drug-likeness (QED) is 0.324. The number of hydrogen-bond donors (Lipinski definition) is 0. The number of rotatable bonds is 6. The van der Waals surface area contributed by atoms with Crippen LogP contribution in [-0.4, -0.2) is 30.2 Å². The lowest BCUT2D eigenvalue weighted by molar-refractivity contribution is -0.384. The van der Waals surface area contributed by atoms with E-state index in [1.165, 1.54) is 28.6 Å². The van der Waals surface area contributed by atoms with Gasteiger partial charge in [-0.1, -0.05) is 66.7 Å². The first-order chi connectivity index (χ1) is 14.9. The molecule has 7 heteroatoms. The second kappa shape index (κ2) is 8.09. The summed E-state index contributed by atoms with van der Waals surface area (Å²) in [4.78, 5) is 10.4. The zero-order valence-electron chi connectivity index (χ0n) is 16.8. The molecule has 1 fully saturated rings. The Morgan fingerprint density at radius 1 is 0.935 bits per heavy atom. The van der Waals surface area contributed by atoms with Crippen molar-refractivity contribution in [1.82, 2.24) is 4.31 Å². The Bertz CT molecular complexity index is 1150. The van der Waals surface area contributed by atoms with Crippen LogP contribution in [0, 0.1) is 10.1 Å². The van der Waals surface area contributed by atoms with Gasteiger partial charge >= 0.3 is 0 Å². The Hall–Kier alpha value is -3.29. The molecule has 158 valence electrons. The molecular weight excluding hydrogens is 412 g/mol. The third-order valence-corrected chi connectivity index (χ3v) is 7.82. The van der Waals surface area contributed by atoms with Gasteiger partial charge in [0.2, 0.25) is 10.0 Å². The number of non-ortho nitro benzene ring substituents is 1. The zero-order chi connectivity index (χ0) is 22.1. The first-order valence-corrected chi connectivity index (χ1v) is 11.3. The second-order valence-corrected chi connectivity index (χ2v) is 9.51. The molecule has 0 aromatic heterocycles. The highest BCUT2D eigenvalue weighted by molar-refractivity contribution is 7.89.